The molecule has 1 aromatic carbocycles. The van der Waals surface area contributed by atoms with Crippen LogP contribution in [0, 0.1) is 18.2 Å². The van der Waals surface area contributed by atoms with Gasteiger partial charge in [-0.15, -0.1) is 6.42 Å². The van der Waals surface area contributed by atoms with E-state index >= 15 is 0 Å². The van der Waals surface area contributed by atoms with E-state index in [-0.39, 0.29) is 11.7 Å². The Bertz CT molecular complexity index is 585. The normalized spacial score (nSPS) is 21.0. The molecule has 0 bridgehead atoms. The van der Waals surface area contributed by atoms with Gasteiger partial charge in [0.2, 0.25) is 0 Å². The number of terminal acetylenes is 1. The third-order valence-electron chi connectivity index (χ3n) is 3.24. The van der Waals surface area contributed by atoms with Crippen LogP contribution >= 0.6 is 11.6 Å². The largest absolute Gasteiger partial charge is 0.375 e. The lowest BCUT2D eigenvalue weighted by Gasteiger charge is -2.32. The second-order valence-electron chi connectivity index (χ2n) is 4.85. The summed E-state index contributed by atoms with van der Waals surface area (Å²) < 4.78 is 19.4. The number of hydrogen-bond donors (Lipinski definition) is 1. The summed E-state index contributed by atoms with van der Waals surface area (Å²) in [6, 6.07) is 3.54. The molecule has 1 aromatic rings. The van der Waals surface area contributed by atoms with Crippen molar-refractivity contribution in [3.63, 3.8) is 0 Å². The van der Waals surface area contributed by atoms with Crippen LogP contribution in [-0.2, 0) is 4.74 Å². The van der Waals surface area contributed by atoms with Crippen LogP contribution in [0.25, 0.3) is 0 Å². The molecule has 2 N–H and O–H groups in total. The Morgan fingerprint density at radius 1 is 1.67 bits per heavy atom. The molecule has 2 unspecified atom stereocenters. The molecular formula is C15H17ClFN3O. The number of guanidine groups is 1. The third-order valence-corrected chi connectivity index (χ3v) is 3.48. The van der Waals surface area contributed by atoms with E-state index in [0.29, 0.717) is 30.7 Å². The van der Waals surface area contributed by atoms with E-state index in [1.165, 1.54) is 12.1 Å². The molecular weight excluding hydrogens is 293 g/mol. The summed E-state index contributed by atoms with van der Waals surface area (Å²) >= 11 is 5.73. The van der Waals surface area contributed by atoms with Gasteiger partial charge in [0.25, 0.3) is 0 Å². The quantitative estimate of drug-likeness (QED) is 0.517. The number of nitrogens with two attached hydrogens (primary N) is 1. The molecule has 112 valence electrons. The molecule has 1 saturated heterocycles. The van der Waals surface area contributed by atoms with Crippen LogP contribution in [0.4, 0.5) is 4.39 Å². The zero-order chi connectivity index (χ0) is 15.4. The fourth-order valence-electron chi connectivity index (χ4n) is 2.16. The topological polar surface area (TPSA) is 50.8 Å². The molecule has 0 amide bonds. The average Bonchev–Trinajstić information content (AvgIpc) is 2.45. The maximum Gasteiger partial charge on any atom is 0.193 e. The predicted octanol–water partition coefficient (Wildman–Crippen LogP) is 2.19. The van der Waals surface area contributed by atoms with Gasteiger partial charge in [0.05, 0.1) is 12.7 Å². The van der Waals surface area contributed by atoms with Gasteiger partial charge in [0.15, 0.2) is 5.96 Å². The number of benzene rings is 1. The van der Waals surface area contributed by atoms with Crippen molar-refractivity contribution in [3.8, 4) is 12.3 Å². The molecule has 6 heteroatoms. The molecule has 0 spiro atoms. The summed E-state index contributed by atoms with van der Waals surface area (Å²) in [4.78, 5) is 6.14. The van der Waals surface area contributed by atoms with E-state index in [0.717, 1.165) is 0 Å². The zero-order valence-corrected chi connectivity index (χ0v) is 12.5. The van der Waals surface area contributed by atoms with E-state index in [9.17, 15) is 4.39 Å². The van der Waals surface area contributed by atoms with E-state index in [4.69, 9.17) is 28.5 Å². The number of hydrogen-bond acceptors (Lipinski definition) is 2. The fraction of sp³-hybridized carbons (Fsp3) is 0.400. The monoisotopic (exact) mass is 309 g/mol. The highest BCUT2D eigenvalue weighted by Gasteiger charge is 2.20. The molecule has 1 fully saturated rings. The lowest BCUT2D eigenvalue weighted by molar-refractivity contribution is 0.00525. The first-order valence-corrected chi connectivity index (χ1v) is 7.00. The van der Waals surface area contributed by atoms with E-state index in [1.54, 1.807) is 6.07 Å². The third kappa shape index (κ3) is 3.87. The summed E-state index contributed by atoms with van der Waals surface area (Å²) in [5, 5.41) is 0.311. The summed E-state index contributed by atoms with van der Waals surface area (Å²) in [5.41, 5.74) is 6.26. The molecule has 1 aliphatic rings. The smallest absolute Gasteiger partial charge is 0.193 e. The first-order valence-electron chi connectivity index (χ1n) is 6.62. The van der Waals surface area contributed by atoms with Crippen LogP contribution in [-0.4, -0.2) is 36.7 Å². The van der Waals surface area contributed by atoms with Crippen LogP contribution in [0.1, 0.15) is 18.5 Å². The summed E-state index contributed by atoms with van der Waals surface area (Å²) in [6.45, 7) is 3.81. The highest BCUT2D eigenvalue weighted by molar-refractivity contribution is 6.30. The minimum atomic E-state index is -0.777. The number of rotatable bonds is 2. The Morgan fingerprint density at radius 2 is 2.43 bits per heavy atom. The van der Waals surface area contributed by atoms with Gasteiger partial charge in [-0.1, -0.05) is 23.6 Å². The van der Waals surface area contributed by atoms with Gasteiger partial charge in [0.1, 0.15) is 11.9 Å². The van der Waals surface area contributed by atoms with E-state index in [1.807, 2.05) is 11.8 Å². The number of nitrogens with zero attached hydrogens (tertiary/aromatic N) is 2. The second-order valence-corrected chi connectivity index (χ2v) is 5.29. The molecule has 4 nitrogen and oxygen atoms in total. The molecule has 1 aliphatic heterocycles. The van der Waals surface area contributed by atoms with E-state index < -0.39 is 11.9 Å². The molecule has 1 heterocycles. The zero-order valence-electron chi connectivity index (χ0n) is 11.7. The van der Waals surface area contributed by atoms with Gasteiger partial charge in [-0.05, 0) is 19.1 Å². The standard InChI is InChI=1S/C15H17ClFN3O/c1-3-14(12-5-4-11(16)8-13(12)17)19-15(18)20-6-7-21-10(2)9-20/h1,4-5,8,10,14H,6-7,9H2,2H3,(H2,18,19). The Hall–Kier alpha value is -1.77. The summed E-state index contributed by atoms with van der Waals surface area (Å²) in [6.07, 6.45) is 5.53. The molecule has 21 heavy (non-hydrogen) atoms. The highest BCUT2D eigenvalue weighted by Crippen LogP contribution is 2.23. The van der Waals surface area contributed by atoms with Crippen molar-refractivity contribution in [2.24, 2.45) is 10.7 Å². The van der Waals surface area contributed by atoms with Crippen molar-refractivity contribution in [2.45, 2.75) is 19.1 Å². The Morgan fingerprint density at radius 3 is 3.05 bits per heavy atom. The molecule has 0 aromatic heterocycles. The average molecular weight is 310 g/mol. The number of halogens is 2. The lowest BCUT2D eigenvalue weighted by Crippen LogP contribution is -2.48. The van der Waals surface area contributed by atoms with Crippen molar-refractivity contribution < 1.29 is 9.13 Å². The number of aliphatic imine (C=N–C) groups is 1. The van der Waals surface area contributed by atoms with E-state index in [2.05, 4.69) is 10.9 Å². The van der Waals surface area contributed by atoms with Gasteiger partial charge >= 0.3 is 0 Å². The molecule has 2 rings (SSSR count). The van der Waals surface area contributed by atoms with Crippen LogP contribution in [0.15, 0.2) is 23.2 Å². The maximum absolute atomic E-state index is 13.9. The number of morpholine rings is 1. The number of ether oxygens (including phenoxy) is 1. The van der Waals surface area contributed by atoms with Gasteiger partial charge in [-0.2, -0.15) is 0 Å². The van der Waals surface area contributed by atoms with Crippen LogP contribution in [0.5, 0.6) is 0 Å². The van der Waals surface area contributed by atoms with Gasteiger partial charge in [-0.25, -0.2) is 9.38 Å². The first kappa shape index (κ1) is 15.6. The van der Waals surface area contributed by atoms with Crippen molar-refractivity contribution in [1.29, 1.82) is 0 Å². The van der Waals surface area contributed by atoms with Crippen LogP contribution < -0.4 is 5.73 Å². The van der Waals surface area contributed by atoms with Crippen LogP contribution in [0.2, 0.25) is 5.02 Å². The minimum Gasteiger partial charge on any atom is -0.375 e. The van der Waals surface area contributed by atoms with Gasteiger partial charge < -0.3 is 15.4 Å². The lowest BCUT2D eigenvalue weighted by atomic mass is 10.1. The summed E-state index contributed by atoms with van der Waals surface area (Å²) in [7, 11) is 0. The Labute approximate surface area is 128 Å². The van der Waals surface area contributed by atoms with Crippen molar-refractivity contribution in [2.75, 3.05) is 19.7 Å². The molecule has 0 saturated carbocycles. The Balaban J connectivity index is 2.21. The second kappa shape index (κ2) is 6.79. The van der Waals surface area contributed by atoms with Crippen LogP contribution in [0.3, 0.4) is 0 Å². The fourth-order valence-corrected chi connectivity index (χ4v) is 2.32. The molecule has 2 atom stereocenters. The highest BCUT2D eigenvalue weighted by atomic mass is 35.5. The van der Waals surface area contributed by atoms with Crippen molar-refractivity contribution >= 4 is 17.6 Å². The van der Waals surface area contributed by atoms with Gasteiger partial charge in [0, 0.05) is 23.7 Å². The summed E-state index contributed by atoms with van der Waals surface area (Å²) in [5.74, 6) is 2.26. The molecule has 0 aliphatic carbocycles. The van der Waals surface area contributed by atoms with Crippen molar-refractivity contribution in [3.05, 3.63) is 34.6 Å². The first-order chi connectivity index (χ1) is 10.0. The minimum absolute atomic E-state index is 0.0732. The Kier molecular flexibility index (Phi) is 5.05. The molecule has 0 radical (unpaired) electrons. The maximum atomic E-state index is 13.9. The van der Waals surface area contributed by atoms with Gasteiger partial charge in [-0.3, -0.25) is 0 Å². The van der Waals surface area contributed by atoms with Crippen molar-refractivity contribution in [1.82, 2.24) is 4.90 Å². The SMILES string of the molecule is C#CC(N=C(N)N1CCOC(C)C1)c1ccc(Cl)cc1F. The predicted molar refractivity (Wildman–Crippen MR) is 81.6 cm³/mol.